The van der Waals surface area contributed by atoms with Crippen molar-refractivity contribution in [3.63, 3.8) is 0 Å². The maximum atomic E-state index is 12.7. The number of hydrogen-bond acceptors (Lipinski definition) is 1. The molecule has 0 saturated carbocycles. The molecular weight excluding hydrogens is 155 g/mol. The summed E-state index contributed by atoms with van der Waals surface area (Å²) < 4.78 is 12.7. The summed E-state index contributed by atoms with van der Waals surface area (Å²) in [5, 5.41) is 0. The van der Waals surface area contributed by atoms with Gasteiger partial charge >= 0.3 is 0 Å². The third kappa shape index (κ3) is 1.78. The summed E-state index contributed by atoms with van der Waals surface area (Å²) in [4.78, 5) is 10.5. The van der Waals surface area contributed by atoms with E-state index in [-0.39, 0.29) is 5.82 Å². The third-order valence-corrected chi connectivity index (χ3v) is 1.60. The van der Waals surface area contributed by atoms with Crippen molar-refractivity contribution < 1.29 is 9.18 Å². The summed E-state index contributed by atoms with van der Waals surface area (Å²) in [7, 11) is 0. The Kier molecular flexibility index (Phi) is 2.75. The fraction of sp³-hybridized carbons (Fsp3) is 0.100. The molecule has 1 aromatic carbocycles. The molecule has 0 atom stereocenters. The lowest BCUT2D eigenvalue weighted by molar-refractivity contribution is -0.103. The second-order valence-electron chi connectivity index (χ2n) is 2.37. The standard InChI is InChI=1S/C10H9FO/c1-2-8(7-12)9-4-3-5-10(11)6-9/h2-7H,1H3. The highest BCUT2D eigenvalue weighted by atomic mass is 19.1. The predicted molar refractivity (Wildman–Crippen MR) is 46.1 cm³/mol. The Balaban J connectivity index is 3.10. The van der Waals surface area contributed by atoms with Gasteiger partial charge in [-0.3, -0.25) is 4.79 Å². The molecule has 0 bridgehead atoms. The number of carbonyl (C=O) groups excluding carboxylic acids is 1. The van der Waals surface area contributed by atoms with Gasteiger partial charge in [-0.2, -0.15) is 0 Å². The van der Waals surface area contributed by atoms with E-state index in [1.807, 2.05) is 0 Å². The van der Waals surface area contributed by atoms with E-state index in [1.165, 1.54) is 12.1 Å². The van der Waals surface area contributed by atoms with Crippen molar-refractivity contribution in [1.82, 2.24) is 0 Å². The summed E-state index contributed by atoms with van der Waals surface area (Å²) in [5.41, 5.74) is 1.13. The molecule has 0 unspecified atom stereocenters. The highest BCUT2D eigenvalue weighted by Gasteiger charge is 1.98. The van der Waals surface area contributed by atoms with Gasteiger partial charge in [0.05, 0.1) is 0 Å². The van der Waals surface area contributed by atoms with E-state index in [0.717, 1.165) is 6.29 Å². The van der Waals surface area contributed by atoms with Gasteiger partial charge in [0.1, 0.15) is 12.1 Å². The zero-order valence-electron chi connectivity index (χ0n) is 6.75. The van der Waals surface area contributed by atoms with Gasteiger partial charge in [0.2, 0.25) is 0 Å². The Bertz CT molecular complexity index is 315. The maximum Gasteiger partial charge on any atom is 0.150 e. The van der Waals surface area contributed by atoms with E-state index in [1.54, 1.807) is 25.1 Å². The van der Waals surface area contributed by atoms with Crippen LogP contribution in [-0.4, -0.2) is 6.29 Å². The van der Waals surface area contributed by atoms with Crippen molar-refractivity contribution in [2.75, 3.05) is 0 Å². The van der Waals surface area contributed by atoms with Crippen molar-refractivity contribution in [2.45, 2.75) is 6.92 Å². The van der Waals surface area contributed by atoms with Crippen molar-refractivity contribution >= 4 is 11.9 Å². The molecule has 62 valence electrons. The summed E-state index contributed by atoms with van der Waals surface area (Å²) in [5.74, 6) is -0.325. The van der Waals surface area contributed by atoms with Crippen LogP contribution >= 0.6 is 0 Å². The quantitative estimate of drug-likeness (QED) is 0.484. The summed E-state index contributed by atoms with van der Waals surface area (Å²) in [6, 6.07) is 5.97. The maximum absolute atomic E-state index is 12.7. The largest absolute Gasteiger partial charge is 0.298 e. The van der Waals surface area contributed by atoms with Gasteiger partial charge in [0.25, 0.3) is 0 Å². The first kappa shape index (κ1) is 8.65. The average Bonchev–Trinajstić information content (AvgIpc) is 2.07. The molecule has 0 N–H and O–H groups in total. The summed E-state index contributed by atoms with van der Waals surface area (Å²) in [6.45, 7) is 1.74. The molecule has 0 spiro atoms. The molecule has 12 heavy (non-hydrogen) atoms. The normalized spacial score (nSPS) is 11.3. The topological polar surface area (TPSA) is 17.1 Å². The number of allylic oxidation sites excluding steroid dienone is 2. The lowest BCUT2D eigenvalue weighted by atomic mass is 10.1. The molecule has 0 amide bonds. The van der Waals surface area contributed by atoms with Crippen LogP contribution in [0.15, 0.2) is 30.3 Å². The van der Waals surface area contributed by atoms with Crippen LogP contribution in [0.2, 0.25) is 0 Å². The second-order valence-corrected chi connectivity index (χ2v) is 2.37. The van der Waals surface area contributed by atoms with Gasteiger partial charge in [-0.05, 0) is 24.6 Å². The molecule has 1 rings (SSSR count). The fourth-order valence-electron chi connectivity index (χ4n) is 0.971. The van der Waals surface area contributed by atoms with Crippen molar-refractivity contribution in [3.8, 4) is 0 Å². The van der Waals surface area contributed by atoms with Crippen LogP contribution < -0.4 is 0 Å². The molecule has 0 radical (unpaired) electrons. The van der Waals surface area contributed by atoms with Crippen LogP contribution in [0.5, 0.6) is 0 Å². The molecule has 0 aliphatic rings. The van der Waals surface area contributed by atoms with E-state index in [4.69, 9.17) is 0 Å². The smallest absolute Gasteiger partial charge is 0.150 e. The monoisotopic (exact) mass is 164 g/mol. The van der Waals surface area contributed by atoms with E-state index >= 15 is 0 Å². The van der Waals surface area contributed by atoms with Gasteiger partial charge in [-0.25, -0.2) is 4.39 Å². The first-order valence-electron chi connectivity index (χ1n) is 3.65. The Hall–Kier alpha value is -1.44. The Morgan fingerprint density at radius 3 is 2.75 bits per heavy atom. The first-order chi connectivity index (χ1) is 5.77. The molecule has 2 heteroatoms. The minimum absolute atomic E-state index is 0.325. The predicted octanol–water partition coefficient (Wildman–Crippen LogP) is 2.43. The average molecular weight is 164 g/mol. The highest BCUT2D eigenvalue weighted by Crippen LogP contribution is 2.12. The van der Waals surface area contributed by atoms with E-state index in [0.29, 0.717) is 11.1 Å². The van der Waals surface area contributed by atoms with Gasteiger partial charge in [0.15, 0.2) is 0 Å². The van der Waals surface area contributed by atoms with Crippen LogP contribution in [0, 0.1) is 5.82 Å². The molecule has 0 fully saturated rings. The number of benzene rings is 1. The van der Waals surface area contributed by atoms with Gasteiger partial charge < -0.3 is 0 Å². The van der Waals surface area contributed by atoms with Crippen LogP contribution in [0.3, 0.4) is 0 Å². The molecule has 0 aliphatic heterocycles. The van der Waals surface area contributed by atoms with E-state index in [9.17, 15) is 9.18 Å². The van der Waals surface area contributed by atoms with Crippen LogP contribution in [-0.2, 0) is 4.79 Å². The minimum Gasteiger partial charge on any atom is -0.298 e. The fourth-order valence-corrected chi connectivity index (χ4v) is 0.971. The number of halogens is 1. The number of hydrogen-bond donors (Lipinski definition) is 0. The molecule has 0 heterocycles. The SMILES string of the molecule is CC=C(C=O)c1cccc(F)c1. The third-order valence-electron chi connectivity index (χ3n) is 1.60. The second kappa shape index (κ2) is 3.81. The number of rotatable bonds is 2. The van der Waals surface area contributed by atoms with Crippen LogP contribution in [0.1, 0.15) is 12.5 Å². The van der Waals surface area contributed by atoms with Crippen molar-refractivity contribution in [2.24, 2.45) is 0 Å². The summed E-state index contributed by atoms with van der Waals surface area (Å²) >= 11 is 0. The van der Waals surface area contributed by atoms with Gasteiger partial charge in [-0.15, -0.1) is 0 Å². The highest BCUT2D eigenvalue weighted by molar-refractivity contribution is 6.06. The molecule has 1 nitrogen and oxygen atoms in total. The molecular formula is C10H9FO. The number of carbonyl (C=O) groups is 1. The zero-order chi connectivity index (χ0) is 8.97. The lowest BCUT2D eigenvalue weighted by Gasteiger charge is -1.97. The van der Waals surface area contributed by atoms with Crippen molar-refractivity contribution in [1.29, 1.82) is 0 Å². The Labute approximate surface area is 70.5 Å². The lowest BCUT2D eigenvalue weighted by Crippen LogP contribution is -1.85. The molecule has 0 saturated heterocycles. The van der Waals surface area contributed by atoms with E-state index in [2.05, 4.69) is 0 Å². The van der Waals surface area contributed by atoms with Crippen LogP contribution in [0.4, 0.5) is 4.39 Å². The number of aldehydes is 1. The molecule has 0 aromatic heterocycles. The van der Waals surface area contributed by atoms with Gasteiger partial charge in [0, 0.05) is 5.57 Å². The molecule has 1 aromatic rings. The Morgan fingerprint density at radius 2 is 2.25 bits per heavy atom. The van der Waals surface area contributed by atoms with Crippen LogP contribution in [0.25, 0.3) is 5.57 Å². The molecule has 0 aliphatic carbocycles. The summed E-state index contributed by atoms with van der Waals surface area (Å²) in [6.07, 6.45) is 2.37. The van der Waals surface area contributed by atoms with Gasteiger partial charge in [-0.1, -0.05) is 18.2 Å². The first-order valence-corrected chi connectivity index (χ1v) is 3.65. The minimum atomic E-state index is -0.325. The van der Waals surface area contributed by atoms with Crippen molar-refractivity contribution in [3.05, 3.63) is 41.7 Å². The zero-order valence-corrected chi connectivity index (χ0v) is 6.75. The Morgan fingerprint density at radius 1 is 1.50 bits per heavy atom. The van der Waals surface area contributed by atoms with E-state index < -0.39 is 0 Å².